The van der Waals surface area contributed by atoms with Crippen molar-refractivity contribution in [3.8, 4) is 0 Å². The van der Waals surface area contributed by atoms with Crippen LogP contribution in [0.1, 0.15) is 24.4 Å². The number of benzene rings is 2. The van der Waals surface area contributed by atoms with E-state index in [1.807, 2.05) is 24.3 Å². The van der Waals surface area contributed by atoms with Gasteiger partial charge in [0.25, 0.3) is 0 Å². The summed E-state index contributed by atoms with van der Waals surface area (Å²) in [6, 6.07) is 17.1. The maximum absolute atomic E-state index is 11.4. The molecule has 4 nitrogen and oxygen atoms in total. The van der Waals surface area contributed by atoms with Crippen LogP contribution in [0.5, 0.6) is 0 Å². The minimum absolute atomic E-state index is 0.134. The smallest absolute Gasteiger partial charge is 0.238 e. The lowest BCUT2D eigenvalue weighted by molar-refractivity contribution is 0.597. The van der Waals surface area contributed by atoms with Crippen molar-refractivity contribution in [3.05, 3.63) is 60.2 Å². The summed E-state index contributed by atoms with van der Waals surface area (Å²) in [5, 5.41) is 8.63. The van der Waals surface area contributed by atoms with Gasteiger partial charge in [-0.05, 0) is 42.5 Å². The Balaban J connectivity index is 1.87. The fraction of sp³-hybridized carbons (Fsp3) is 0.250. The van der Waals surface area contributed by atoms with E-state index >= 15 is 0 Å². The monoisotopic (exact) mass is 302 g/mol. The fourth-order valence-corrected chi connectivity index (χ4v) is 3.07. The van der Waals surface area contributed by atoms with Crippen LogP contribution in [0, 0.1) is 5.92 Å². The van der Waals surface area contributed by atoms with Crippen LogP contribution in [-0.4, -0.2) is 8.42 Å². The van der Waals surface area contributed by atoms with E-state index in [4.69, 9.17) is 5.14 Å². The van der Waals surface area contributed by atoms with Gasteiger partial charge in [-0.3, -0.25) is 0 Å². The number of rotatable bonds is 5. The number of nitrogens with two attached hydrogens (primary N) is 1. The lowest BCUT2D eigenvalue weighted by Gasteiger charge is -2.20. The molecule has 1 aliphatic rings. The Morgan fingerprint density at radius 1 is 1.05 bits per heavy atom. The van der Waals surface area contributed by atoms with E-state index in [0.717, 1.165) is 5.69 Å². The third kappa shape index (κ3) is 3.43. The third-order valence-corrected chi connectivity index (χ3v) is 4.65. The Hall–Kier alpha value is -1.85. The average Bonchev–Trinajstić information content (AvgIpc) is 3.30. The van der Waals surface area contributed by atoms with E-state index in [1.165, 1.54) is 24.5 Å². The van der Waals surface area contributed by atoms with E-state index in [-0.39, 0.29) is 10.9 Å². The summed E-state index contributed by atoms with van der Waals surface area (Å²) in [6.07, 6.45) is 2.39. The number of hydrogen-bond acceptors (Lipinski definition) is 3. The molecule has 1 fully saturated rings. The first-order valence-corrected chi connectivity index (χ1v) is 8.53. The first-order chi connectivity index (χ1) is 10.0. The molecule has 0 radical (unpaired) electrons. The first-order valence-electron chi connectivity index (χ1n) is 6.98. The van der Waals surface area contributed by atoms with Crippen molar-refractivity contribution in [1.82, 2.24) is 0 Å². The Morgan fingerprint density at radius 3 is 2.38 bits per heavy atom. The zero-order chi connectivity index (χ0) is 14.9. The van der Waals surface area contributed by atoms with Gasteiger partial charge < -0.3 is 5.32 Å². The zero-order valence-electron chi connectivity index (χ0n) is 11.6. The Kier molecular flexibility index (Phi) is 3.69. The summed E-state index contributed by atoms with van der Waals surface area (Å²) in [5.41, 5.74) is 2.00. The van der Waals surface area contributed by atoms with Crippen LogP contribution >= 0.6 is 0 Å². The molecular formula is C16H18N2O2S. The normalized spacial score (nSPS) is 16.4. The molecule has 1 atom stereocenters. The number of hydrogen-bond donors (Lipinski definition) is 2. The molecule has 0 aromatic heterocycles. The largest absolute Gasteiger partial charge is 0.378 e. The maximum atomic E-state index is 11.4. The number of primary sulfonamides is 1. The highest BCUT2D eigenvalue weighted by Crippen LogP contribution is 2.42. The molecule has 0 bridgehead atoms. The second kappa shape index (κ2) is 5.50. The predicted octanol–water partition coefficient (Wildman–Crippen LogP) is 2.90. The molecule has 2 aromatic rings. The van der Waals surface area contributed by atoms with Crippen LogP contribution in [-0.2, 0) is 10.0 Å². The number of sulfonamides is 1. The second-order valence-electron chi connectivity index (χ2n) is 5.44. The minimum atomic E-state index is -3.67. The molecule has 3 N–H and O–H groups in total. The third-order valence-electron chi connectivity index (χ3n) is 3.74. The number of nitrogens with one attached hydrogen (secondary N) is 1. The lowest BCUT2D eigenvalue weighted by Crippen LogP contribution is -2.15. The van der Waals surface area contributed by atoms with Gasteiger partial charge in [0, 0.05) is 5.69 Å². The van der Waals surface area contributed by atoms with Gasteiger partial charge in [-0.1, -0.05) is 36.4 Å². The zero-order valence-corrected chi connectivity index (χ0v) is 12.4. The molecule has 2 aromatic carbocycles. The summed E-state index contributed by atoms with van der Waals surface area (Å²) in [4.78, 5) is 0.134. The van der Waals surface area contributed by atoms with Crippen molar-refractivity contribution >= 4 is 15.7 Å². The van der Waals surface area contributed by atoms with Crippen LogP contribution in [0.4, 0.5) is 5.69 Å². The number of anilines is 1. The maximum Gasteiger partial charge on any atom is 0.238 e. The van der Waals surface area contributed by atoms with E-state index in [9.17, 15) is 8.42 Å². The lowest BCUT2D eigenvalue weighted by atomic mass is 10.0. The molecule has 0 aliphatic heterocycles. The van der Waals surface area contributed by atoms with Gasteiger partial charge in [-0.15, -0.1) is 0 Å². The predicted molar refractivity (Wildman–Crippen MR) is 83.3 cm³/mol. The molecule has 0 heterocycles. The molecule has 5 heteroatoms. The SMILES string of the molecule is NS(=O)(=O)c1cccc(NC(c2ccccc2)C2CC2)c1. The first kappa shape index (κ1) is 14.1. The van der Waals surface area contributed by atoms with Crippen LogP contribution in [0.2, 0.25) is 0 Å². The average molecular weight is 302 g/mol. The van der Waals surface area contributed by atoms with Gasteiger partial charge in [0.15, 0.2) is 0 Å². The standard InChI is InChI=1S/C16H18N2O2S/c17-21(19,20)15-8-4-7-14(11-15)18-16(13-9-10-13)12-5-2-1-3-6-12/h1-8,11,13,16,18H,9-10H2,(H2,17,19,20). The van der Waals surface area contributed by atoms with Crippen molar-refractivity contribution < 1.29 is 8.42 Å². The van der Waals surface area contributed by atoms with Gasteiger partial charge in [-0.2, -0.15) is 0 Å². The van der Waals surface area contributed by atoms with Crippen LogP contribution in [0.3, 0.4) is 0 Å². The highest BCUT2D eigenvalue weighted by Gasteiger charge is 2.32. The molecule has 1 unspecified atom stereocenters. The topological polar surface area (TPSA) is 72.2 Å². The van der Waals surface area contributed by atoms with E-state index in [1.54, 1.807) is 12.1 Å². The van der Waals surface area contributed by atoms with Crippen molar-refractivity contribution in [1.29, 1.82) is 0 Å². The summed E-state index contributed by atoms with van der Waals surface area (Å²) in [7, 11) is -3.67. The second-order valence-corrected chi connectivity index (χ2v) is 7.00. The molecule has 110 valence electrons. The van der Waals surface area contributed by atoms with Crippen molar-refractivity contribution in [2.45, 2.75) is 23.8 Å². The van der Waals surface area contributed by atoms with Crippen molar-refractivity contribution in [3.63, 3.8) is 0 Å². The molecule has 1 saturated carbocycles. The minimum Gasteiger partial charge on any atom is -0.378 e. The highest BCUT2D eigenvalue weighted by atomic mass is 32.2. The Labute approximate surface area is 125 Å². The van der Waals surface area contributed by atoms with Gasteiger partial charge in [0.2, 0.25) is 10.0 Å². The van der Waals surface area contributed by atoms with Crippen molar-refractivity contribution in [2.75, 3.05) is 5.32 Å². The quantitative estimate of drug-likeness (QED) is 0.892. The molecule has 21 heavy (non-hydrogen) atoms. The summed E-state index contributed by atoms with van der Waals surface area (Å²) in [5.74, 6) is 0.602. The Morgan fingerprint density at radius 2 is 1.76 bits per heavy atom. The molecule has 0 spiro atoms. The van der Waals surface area contributed by atoms with Crippen molar-refractivity contribution in [2.24, 2.45) is 11.1 Å². The molecule has 3 rings (SSSR count). The molecule has 0 amide bonds. The fourth-order valence-electron chi connectivity index (χ4n) is 2.51. The van der Waals surface area contributed by atoms with Gasteiger partial charge >= 0.3 is 0 Å². The van der Waals surface area contributed by atoms with E-state index in [2.05, 4.69) is 17.4 Å². The molecule has 1 aliphatic carbocycles. The van der Waals surface area contributed by atoms with E-state index in [0.29, 0.717) is 5.92 Å². The van der Waals surface area contributed by atoms with E-state index < -0.39 is 10.0 Å². The van der Waals surface area contributed by atoms with Crippen LogP contribution in [0.25, 0.3) is 0 Å². The summed E-state index contributed by atoms with van der Waals surface area (Å²) >= 11 is 0. The Bertz CT molecular complexity index is 725. The van der Waals surface area contributed by atoms with Gasteiger partial charge in [0.1, 0.15) is 0 Å². The van der Waals surface area contributed by atoms with Gasteiger partial charge in [-0.25, -0.2) is 13.6 Å². The molecular weight excluding hydrogens is 284 g/mol. The van der Waals surface area contributed by atoms with Gasteiger partial charge in [0.05, 0.1) is 10.9 Å². The summed E-state index contributed by atoms with van der Waals surface area (Å²) < 4.78 is 22.9. The highest BCUT2D eigenvalue weighted by molar-refractivity contribution is 7.89. The van der Waals surface area contributed by atoms with Crippen LogP contribution < -0.4 is 10.5 Å². The van der Waals surface area contributed by atoms with Crippen LogP contribution in [0.15, 0.2) is 59.5 Å². The molecule has 0 saturated heterocycles. The summed E-state index contributed by atoms with van der Waals surface area (Å²) in [6.45, 7) is 0.